The van der Waals surface area contributed by atoms with E-state index in [0.29, 0.717) is 23.9 Å². The summed E-state index contributed by atoms with van der Waals surface area (Å²) < 4.78 is 5.40. The molecule has 0 aromatic carbocycles. The van der Waals surface area contributed by atoms with E-state index in [1.165, 1.54) is 11.3 Å². The highest BCUT2D eigenvalue weighted by molar-refractivity contribution is 7.20. The first-order chi connectivity index (χ1) is 11.1. The van der Waals surface area contributed by atoms with Crippen LogP contribution in [0.3, 0.4) is 0 Å². The summed E-state index contributed by atoms with van der Waals surface area (Å²) in [5.41, 5.74) is 0.938. The molecule has 1 unspecified atom stereocenters. The van der Waals surface area contributed by atoms with E-state index >= 15 is 0 Å². The number of nitrogens with one attached hydrogen (secondary N) is 2. The molecular weight excluding hydrogens is 312 g/mol. The van der Waals surface area contributed by atoms with Gasteiger partial charge in [0, 0.05) is 13.2 Å². The number of fused-ring (bicyclic) bond motifs is 1. The number of rotatable bonds is 5. The Balaban J connectivity index is 1.89. The Labute approximate surface area is 139 Å². The molecule has 0 spiro atoms. The van der Waals surface area contributed by atoms with Crippen molar-refractivity contribution in [3.63, 3.8) is 0 Å². The third-order valence-electron chi connectivity index (χ3n) is 3.87. The molecule has 3 rings (SSSR count). The Bertz CT molecular complexity index is 707. The monoisotopic (exact) mass is 334 g/mol. The van der Waals surface area contributed by atoms with Crippen LogP contribution in [0.15, 0.2) is 6.33 Å². The van der Waals surface area contributed by atoms with Gasteiger partial charge in [0.05, 0.1) is 22.9 Å². The molecule has 1 saturated heterocycles. The number of hydrogen-bond acceptors (Lipinski definition) is 6. The zero-order chi connectivity index (χ0) is 16.4. The summed E-state index contributed by atoms with van der Waals surface area (Å²) in [7, 11) is 0. The molecule has 124 valence electrons. The van der Waals surface area contributed by atoms with Gasteiger partial charge < -0.3 is 15.4 Å². The Hall–Kier alpha value is -1.73. The lowest BCUT2D eigenvalue weighted by Crippen LogP contribution is -2.27. The topological polar surface area (TPSA) is 76.1 Å². The lowest BCUT2D eigenvalue weighted by molar-refractivity contribution is 0.0952. The molecule has 23 heavy (non-hydrogen) atoms. The quantitative estimate of drug-likeness (QED) is 0.879. The van der Waals surface area contributed by atoms with Gasteiger partial charge in [-0.1, -0.05) is 13.8 Å². The summed E-state index contributed by atoms with van der Waals surface area (Å²) in [5, 5.41) is 7.35. The minimum absolute atomic E-state index is 0.0330. The van der Waals surface area contributed by atoms with Crippen LogP contribution in [0, 0.1) is 12.8 Å². The van der Waals surface area contributed by atoms with Crippen LogP contribution in [0.25, 0.3) is 10.2 Å². The van der Waals surface area contributed by atoms with Crippen LogP contribution in [0.2, 0.25) is 0 Å². The van der Waals surface area contributed by atoms with Gasteiger partial charge in [-0.2, -0.15) is 0 Å². The summed E-state index contributed by atoms with van der Waals surface area (Å²) in [6.45, 7) is 8.25. The molecule has 6 nitrogen and oxygen atoms in total. The molecule has 1 amide bonds. The van der Waals surface area contributed by atoms with Gasteiger partial charge >= 0.3 is 0 Å². The highest BCUT2D eigenvalue weighted by Gasteiger charge is 2.22. The summed E-state index contributed by atoms with van der Waals surface area (Å²) >= 11 is 1.42. The normalized spacial score (nSPS) is 17.8. The SMILES string of the molecule is Cc1c(C(=O)NCC(C)C)sc2ncnc(NC3CCOC3)c12. The first kappa shape index (κ1) is 16.1. The summed E-state index contributed by atoms with van der Waals surface area (Å²) in [5.74, 6) is 1.18. The standard InChI is InChI=1S/C16H22N4O2S/c1-9(2)6-17-15(21)13-10(3)12-14(18-8-19-16(12)23-13)20-11-4-5-22-7-11/h8-9,11H,4-7H2,1-3H3,(H,17,21)(H,18,19,20). The fraction of sp³-hybridized carbons (Fsp3) is 0.562. The average molecular weight is 334 g/mol. The van der Waals surface area contributed by atoms with Gasteiger partial charge in [0.15, 0.2) is 0 Å². The van der Waals surface area contributed by atoms with Gasteiger partial charge in [-0.15, -0.1) is 11.3 Å². The van der Waals surface area contributed by atoms with E-state index in [9.17, 15) is 4.79 Å². The Kier molecular flexibility index (Phi) is 4.77. The molecule has 2 aromatic heterocycles. The van der Waals surface area contributed by atoms with Gasteiger partial charge in [-0.05, 0) is 24.8 Å². The summed E-state index contributed by atoms with van der Waals surface area (Å²) in [6.07, 6.45) is 2.52. The lowest BCUT2D eigenvalue weighted by Gasteiger charge is -2.12. The van der Waals surface area contributed by atoms with Gasteiger partial charge in [0.25, 0.3) is 5.91 Å². The Morgan fingerprint density at radius 1 is 1.48 bits per heavy atom. The number of carbonyl (C=O) groups is 1. The van der Waals surface area contributed by atoms with Crippen LogP contribution in [0.5, 0.6) is 0 Å². The van der Waals surface area contributed by atoms with E-state index in [4.69, 9.17) is 4.74 Å². The maximum absolute atomic E-state index is 12.4. The number of thiophene rings is 1. The number of nitrogens with zero attached hydrogens (tertiary/aromatic N) is 2. The molecule has 0 saturated carbocycles. The van der Waals surface area contributed by atoms with Crippen LogP contribution >= 0.6 is 11.3 Å². The molecule has 1 atom stereocenters. The Morgan fingerprint density at radius 3 is 3.00 bits per heavy atom. The van der Waals surface area contributed by atoms with Crippen molar-refractivity contribution in [1.29, 1.82) is 0 Å². The van der Waals surface area contributed by atoms with Crippen molar-refractivity contribution in [2.24, 2.45) is 5.92 Å². The van der Waals surface area contributed by atoms with Crippen molar-refractivity contribution in [2.45, 2.75) is 33.2 Å². The second-order valence-corrected chi connectivity index (χ2v) is 7.27. The van der Waals surface area contributed by atoms with Gasteiger partial charge in [0.1, 0.15) is 17.0 Å². The predicted molar refractivity (Wildman–Crippen MR) is 92.2 cm³/mol. The summed E-state index contributed by atoms with van der Waals surface area (Å²) in [6, 6.07) is 0.269. The van der Waals surface area contributed by atoms with Crippen LogP contribution in [0.4, 0.5) is 5.82 Å². The Morgan fingerprint density at radius 2 is 2.30 bits per heavy atom. The largest absolute Gasteiger partial charge is 0.379 e. The number of ether oxygens (including phenoxy) is 1. The van der Waals surface area contributed by atoms with E-state index in [1.807, 2.05) is 6.92 Å². The van der Waals surface area contributed by atoms with Crippen LogP contribution in [-0.2, 0) is 4.74 Å². The highest BCUT2D eigenvalue weighted by Crippen LogP contribution is 2.33. The average Bonchev–Trinajstić information content (AvgIpc) is 3.13. The fourth-order valence-electron chi connectivity index (χ4n) is 2.62. The number of aromatic nitrogens is 2. The van der Waals surface area contributed by atoms with E-state index in [-0.39, 0.29) is 11.9 Å². The fourth-order valence-corrected chi connectivity index (χ4v) is 3.68. The zero-order valence-electron chi connectivity index (χ0n) is 13.7. The second-order valence-electron chi connectivity index (χ2n) is 6.27. The molecule has 0 radical (unpaired) electrons. The molecule has 1 aliphatic heterocycles. The number of aryl methyl sites for hydroxylation is 1. The van der Waals surface area contributed by atoms with Crippen molar-refractivity contribution in [3.05, 3.63) is 16.8 Å². The third kappa shape index (κ3) is 3.45. The number of carbonyl (C=O) groups excluding carboxylic acids is 1. The molecule has 7 heteroatoms. The smallest absolute Gasteiger partial charge is 0.261 e. The van der Waals surface area contributed by atoms with Gasteiger partial charge in [0.2, 0.25) is 0 Å². The summed E-state index contributed by atoms with van der Waals surface area (Å²) in [4.78, 5) is 22.7. The predicted octanol–water partition coefficient (Wildman–Crippen LogP) is 2.59. The van der Waals surface area contributed by atoms with Crippen molar-refractivity contribution in [3.8, 4) is 0 Å². The van der Waals surface area contributed by atoms with Crippen molar-refractivity contribution >= 4 is 33.3 Å². The van der Waals surface area contributed by atoms with Crippen LogP contribution in [-0.4, -0.2) is 41.7 Å². The molecule has 1 fully saturated rings. The van der Waals surface area contributed by atoms with Gasteiger partial charge in [-0.3, -0.25) is 4.79 Å². The molecular formula is C16H22N4O2S. The second kappa shape index (κ2) is 6.80. The van der Waals surface area contributed by atoms with Crippen molar-refractivity contribution < 1.29 is 9.53 Å². The van der Waals surface area contributed by atoms with Crippen molar-refractivity contribution in [1.82, 2.24) is 15.3 Å². The molecule has 0 aliphatic carbocycles. The van der Waals surface area contributed by atoms with Gasteiger partial charge in [-0.25, -0.2) is 9.97 Å². The van der Waals surface area contributed by atoms with E-state index < -0.39 is 0 Å². The first-order valence-corrected chi connectivity index (χ1v) is 8.74. The van der Waals surface area contributed by atoms with Crippen LogP contribution in [0.1, 0.15) is 35.5 Å². The lowest BCUT2D eigenvalue weighted by atomic mass is 10.1. The highest BCUT2D eigenvalue weighted by atomic mass is 32.1. The molecule has 2 aromatic rings. The minimum Gasteiger partial charge on any atom is -0.379 e. The van der Waals surface area contributed by atoms with E-state index in [2.05, 4.69) is 34.4 Å². The number of anilines is 1. The first-order valence-electron chi connectivity index (χ1n) is 7.93. The van der Waals surface area contributed by atoms with Crippen LogP contribution < -0.4 is 10.6 Å². The number of amides is 1. The minimum atomic E-state index is -0.0330. The maximum atomic E-state index is 12.4. The number of hydrogen-bond donors (Lipinski definition) is 2. The molecule has 3 heterocycles. The third-order valence-corrected chi connectivity index (χ3v) is 5.07. The molecule has 1 aliphatic rings. The zero-order valence-corrected chi connectivity index (χ0v) is 14.5. The molecule has 2 N–H and O–H groups in total. The maximum Gasteiger partial charge on any atom is 0.261 e. The van der Waals surface area contributed by atoms with E-state index in [0.717, 1.165) is 34.6 Å². The molecule has 0 bridgehead atoms. The van der Waals surface area contributed by atoms with E-state index in [1.54, 1.807) is 6.33 Å². The van der Waals surface area contributed by atoms with Crippen molar-refractivity contribution in [2.75, 3.05) is 25.1 Å².